The topological polar surface area (TPSA) is 46.2 Å². The van der Waals surface area contributed by atoms with Gasteiger partial charge >= 0.3 is 0 Å². The van der Waals surface area contributed by atoms with Gasteiger partial charge in [0.2, 0.25) is 0 Å². The Morgan fingerprint density at radius 1 is 1.11 bits per heavy atom. The van der Waals surface area contributed by atoms with E-state index in [0.717, 1.165) is 5.56 Å². The fourth-order valence-corrected chi connectivity index (χ4v) is 2.29. The zero-order valence-electron chi connectivity index (χ0n) is 11.1. The van der Waals surface area contributed by atoms with Crippen molar-refractivity contribution in [2.24, 2.45) is 11.7 Å². The molecule has 2 heteroatoms. The third kappa shape index (κ3) is 2.40. The summed E-state index contributed by atoms with van der Waals surface area (Å²) < 4.78 is 0. The van der Waals surface area contributed by atoms with Gasteiger partial charge < -0.3 is 10.8 Å². The van der Waals surface area contributed by atoms with Crippen LogP contribution in [0.3, 0.4) is 0 Å². The molecular formula is C16H21NO. The predicted molar refractivity (Wildman–Crippen MR) is 76.5 cm³/mol. The SMILES string of the molecule is CC(C)C(O)(CN)Cc1cccc2ccccc12. The van der Waals surface area contributed by atoms with Crippen LogP contribution in [-0.2, 0) is 6.42 Å². The molecule has 2 rings (SSSR count). The van der Waals surface area contributed by atoms with Crippen molar-refractivity contribution in [2.75, 3.05) is 6.54 Å². The molecule has 3 N–H and O–H groups in total. The molecular weight excluding hydrogens is 222 g/mol. The van der Waals surface area contributed by atoms with Crippen LogP contribution in [0.5, 0.6) is 0 Å². The molecule has 2 aromatic carbocycles. The van der Waals surface area contributed by atoms with Gasteiger partial charge in [-0.15, -0.1) is 0 Å². The van der Waals surface area contributed by atoms with E-state index in [-0.39, 0.29) is 12.5 Å². The first-order chi connectivity index (χ1) is 8.57. The van der Waals surface area contributed by atoms with Crippen LogP contribution in [-0.4, -0.2) is 17.3 Å². The highest BCUT2D eigenvalue weighted by Crippen LogP contribution is 2.26. The minimum Gasteiger partial charge on any atom is -0.388 e. The van der Waals surface area contributed by atoms with E-state index in [2.05, 4.69) is 24.3 Å². The fraction of sp³-hybridized carbons (Fsp3) is 0.375. The van der Waals surface area contributed by atoms with Crippen molar-refractivity contribution in [1.82, 2.24) is 0 Å². The molecule has 0 aliphatic rings. The number of nitrogens with two attached hydrogens (primary N) is 1. The van der Waals surface area contributed by atoms with Gasteiger partial charge in [-0.3, -0.25) is 0 Å². The molecule has 0 saturated carbocycles. The van der Waals surface area contributed by atoms with Gasteiger partial charge in [0.1, 0.15) is 0 Å². The van der Waals surface area contributed by atoms with E-state index in [1.807, 2.05) is 32.0 Å². The Labute approximate surface area is 108 Å². The molecule has 2 nitrogen and oxygen atoms in total. The molecule has 18 heavy (non-hydrogen) atoms. The van der Waals surface area contributed by atoms with E-state index in [1.54, 1.807) is 0 Å². The van der Waals surface area contributed by atoms with Gasteiger partial charge in [-0.1, -0.05) is 56.3 Å². The first-order valence-corrected chi connectivity index (χ1v) is 6.46. The Morgan fingerprint density at radius 2 is 1.78 bits per heavy atom. The van der Waals surface area contributed by atoms with Gasteiger partial charge in [0.25, 0.3) is 0 Å². The summed E-state index contributed by atoms with van der Waals surface area (Å²) in [5.41, 5.74) is 6.08. The predicted octanol–water partition coefficient (Wildman–Crippen LogP) is 2.73. The molecule has 0 fully saturated rings. The molecule has 0 amide bonds. The lowest BCUT2D eigenvalue weighted by Gasteiger charge is -2.31. The number of rotatable bonds is 4. The Balaban J connectivity index is 2.43. The maximum absolute atomic E-state index is 10.6. The third-order valence-electron chi connectivity index (χ3n) is 3.80. The summed E-state index contributed by atoms with van der Waals surface area (Å²) in [6, 6.07) is 14.5. The van der Waals surface area contributed by atoms with Crippen LogP contribution >= 0.6 is 0 Å². The van der Waals surface area contributed by atoms with E-state index in [9.17, 15) is 5.11 Å². The molecule has 0 aliphatic carbocycles. The van der Waals surface area contributed by atoms with Crippen LogP contribution < -0.4 is 5.73 Å². The average Bonchev–Trinajstić information content (AvgIpc) is 2.39. The van der Waals surface area contributed by atoms with Crippen molar-refractivity contribution in [3.05, 3.63) is 48.0 Å². The molecule has 1 unspecified atom stereocenters. The smallest absolute Gasteiger partial charge is 0.0832 e. The van der Waals surface area contributed by atoms with Crippen molar-refractivity contribution in [3.63, 3.8) is 0 Å². The van der Waals surface area contributed by atoms with Crippen LogP contribution in [0.25, 0.3) is 10.8 Å². The standard InChI is InChI=1S/C16H21NO/c1-12(2)16(18,11-17)10-14-8-5-7-13-6-3-4-9-15(13)14/h3-9,12,18H,10-11,17H2,1-2H3. The molecule has 0 aliphatic heterocycles. The van der Waals surface area contributed by atoms with Gasteiger partial charge in [-0.05, 0) is 22.3 Å². The highest BCUT2D eigenvalue weighted by Gasteiger charge is 2.29. The van der Waals surface area contributed by atoms with Gasteiger partial charge in [-0.2, -0.15) is 0 Å². The van der Waals surface area contributed by atoms with Crippen molar-refractivity contribution in [1.29, 1.82) is 0 Å². The minimum atomic E-state index is -0.829. The van der Waals surface area contributed by atoms with E-state index in [1.165, 1.54) is 10.8 Å². The molecule has 2 aromatic rings. The zero-order valence-corrected chi connectivity index (χ0v) is 11.1. The number of fused-ring (bicyclic) bond motifs is 1. The Bertz CT molecular complexity index is 530. The summed E-state index contributed by atoms with van der Waals surface area (Å²) in [6.07, 6.45) is 0.600. The maximum Gasteiger partial charge on any atom is 0.0832 e. The fourth-order valence-electron chi connectivity index (χ4n) is 2.29. The highest BCUT2D eigenvalue weighted by molar-refractivity contribution is 5.85. The molecule has 0 radical (unpaired) electrons. The van der Waals surface area contributed by atoms with E-state index < -0.39 is 5.60 Å². The van der Waals surface area contributed by atoms with E-state index >= 15 is 0 Å². The molecule has 0 heterocycles. The highest BCUT2D eigenvalue weighted by atomic mass is 16.3. The largest absolute Gasteiger partial charge is 0.388 e. The normalized spacial score (nSPS) is 14.9. The van der Waals surface area contributed by atoms with E-state index in [4.69, 9.17) is 5.73 Å². The second-order valence-corrected chi connectivity index (χ2v) is 5.28. The number of hydrogen-bond donors (Lipinski definition) is 2. The van der Waals surface area contributed by atoms with Crippen LogP contribution in [0.15, 0.2) is 42.5 Å². The summed E-state index contributed by atoms with van der Waals surface area (Å²) in [6.45, 7) is 4.31. The summed E-state index contributed by atoms with van der Waals surface area (Å²) in [4.78, 5) is 0. The van der Waals surface area contributed by atoms with Crippen molar-refractivity contribution in [2.45, 2.75) is 25.9 Å². The molecule has 96 valence electrons. The quantitative estimate of drug-likeness (QED) is 0.867. The van der Waals surface area contributed by atoms with Crippen LogP contribution in [0.4, 0.5) is 0 Å². The molecule has 0 bridgehead atoms. The number of aliphatic hydroxyl groups is 1. The lowest BCUT2D eigenvalue weighted by molar-refractivity contribution is 0.00436. The molecule has 0 spiro atoms. The molecule has 0 saturated heterocycles. The van der Waals surface area contributed by atoms with Crippen molar-refractivity contribution in [3.8, 4) is 0 Å². The summed E-state index contributed by atoms with van der Waals surface area (Å²) in [5.74, 6) is 0.140. The Hall–Kier alpha value is -1.38. The number of hydrogen-bond acceptors (Lipinski definition) is 2. The second-order valence-electron chi connectivity index (χ2n) is 5.28. The average molecular weight is 243 g/mol. The van der Waals surface area contributed by atoms with Gasteiger partial charge in [-0.25, -0.2) is 0 Å². The monoisotopic (exact) mass is 243 g/mol. The first-order valence-electron chi connectivity index (χ1n) is 6.46. The third-order valence-corrected chi connectivity index (χ3v) is 3.80. The van der Waals surface area contributed by atoms with E-state index in [0.29, 0.717) is 6.42 Å². The number of benzene rings is 2. The minimum absolute atomic E-state index is 0.140. The van der Waals surface area contributed by atoms with Gasteiger partial charge in [0.15, 0.2) is 0 Å². The van der Waals surface area contributed by atoms with Crippen LogP contribution in [0.1, 0.15) is 19.4 Å². The Kier molecular flexibility index (Phi) is 3.69. The molecule has 1 atom stereocenters. The second kappa shape index (κ2) is 5.09. The van der Waals surface area contributed by atoms with Gasteiger partial charge in [0.05, 0.1) is 5.60 Å². The maximum atomic E-state index is 10.6. The lowest BCUT2D eigenvalue weighted by Crippen LogP contribution is -2.44. The zero-order chi connectivity index (χ0) is 13.2. The summed E-state index contributed by atoms with van der Waals surface area (Å²) in [7, 11) is 0. The lowest BCUT2D eigenvalue weighted by atomic mass is 9.83. The van der Waals surface area contributed by atoms with Crippen molar-refractivity contribution >= 4 is 10.8 Å². The summed E-state index contributed by atoms with van der Waals surface area (Å²) in [5, 5.41) is 13.0. The van der Waals surface area contributed by atoms with Crippen molar-refractivity contribution < 1.29 is 5.11 Å². The molecule has 0 aromatic heterocycles. The Morgan fingerprint density at radius 3 is 2.44 bits per heavy atom. The summed E-state index contributed by atoms with van der Waals surface area (Å²) >= 11 is 0. The van der Waals surface area contributed by atoms with Gasteiger partial charge in [0, 0.05) is 13.0 Å². The van der Waals surface area contributed by atoms with Crippen LogP contribution in [0, 0.1) is 5.92 Å². The van der Waals surface area contributed by atoms with Crippen LogP contribution in [0.2, 0.25) is 0 Å². The first kappa shape index (κ1) is 13.1.